The third-order valence-electron chi connectivity index (χ3n) is 6.42. The Hall–Kier alpha value is -5.46. The van der Waals surface area contributed by atoms with Crippen molar-refractivity contribution in [2.24, 2.45) is 0 Å². The molecule has 0 radical (unpaired) electrons. The van der Waals surface area contributed by atoms with E-state index in [0.29, 0.717) is 69.7 Å². The van der Waals surface area contributed by atoms with Crippen LogP contribution in [0.2, 0.25) is 10.2 Å². The number of halogens is 2. The molecule has 2 amide bonds. The van der Waals surface area contributed by atoms with Crippen LogP contribution in [-0.4, -0.2) is 75.6 Å². The predicted octanol–water partition coefficient (Wildman–Crippen LogP) is 5.19. The molecule has 0 saturated heterocycles. The molecule has 0 aliphatic heterocycles. The molecule has 260 valence electrons. The summed E-state index contributed by atoms with van der Waals surface area (Å²) in [5, 5.41) is 18.5. The smallest absolute Gasteiger partial charge is 0.327 e. The van der Waals surface area contributed by atoms with Gasteiger partial charge in [-0.3, -0.25) is 19.6 Å². The van der Waals surface area contributed by atoms with E-state index in [2.05, 4.69) is 51.1 Å². The van der Waals surface area contributed by atoms with Gasteiger partial charge in [-0.25, -0.2) is 34.4 Å². The van der Waals surface area contributed by atoms with Crippen molar-refractivity contribution in [3.8, 4) is 0 Å². The summed E-state index contributed by atoms with van der Waals surface area (Å²) in [5.41, 5.74) is 2.89. The molecule has 3 N–H and O–H groups in total. The van der Waals surface area contributed by atoms with Crippen molar-refractivity contribution < 1.29 is 23.9 Å². The van der Waals surface area contributed by atoms with Crippen molar-refractivity contribution in [2.75, 3.05) is 29.1 Å². The van der Waals surface area contributed by atoms with Gasteiger partial charge in [-0.2, -0.15) is 10.2 Å². The van der Waals surface area contributed by atoms with Crippen molar-refractivity contribution in [1.82, 2.24) is 44.5 Å². The molecular formula is C30H30Cl2N12O5S. The van der Waals surface area contributed by atoms with E-state index in [9.17, 15) is 14.4 Å². The molecule has 0 spiro atoms. The highest BCUT2D eigenvalue weighted by Crippen LogP contribution is 2.21. The number of nitrogens with zero attached hydrogens (tertiary/aromatic N) is 9. The summed E-state index contributed by atoms with van der Waals surface area (Å²) in [6, 6.07) is 6.49. The third-order valence-corrected chi connectivity index (χ3v) is 7.90. The zero-order valence-electron chi connectivity index (χ0n) is 26.7. The van der Waals surface area contributed by atoms with Gasteiger partial charge in [0.1, 0.15) is 35.7 Å². The van der Waals surface area contributed by atoms with E-state index >= 15 is 0 Å². The van der Waals surface area contributed by atoms with Crippen LogP contribution in [0.1, 0.15) is 25.1 Å². The monoisotopic (exact) mass is 740 g/mol. The lowest BCUT2D eigenvalue weighted by Crippen LogP contribution is -2.19. The molecule has 6 aromatic rings. The predicted molar refractivity (Wildman–Crippen MR) is 187 cm³/mol. The van der Waals surface area contributed by atoms with Crippen LogP contribution in [0.15, 0.2) is 55.5 Å². The first-order valence-electron chi connectivity index (χ1n) is 15.1. The van der Waals surface area contributed by atoms with Crippen LogP contribution in [0.25, 0.3) is 22.1 Å². The van der Waals surface area contributed by atoms with Crippen LogP contribution in [0.5, 0.6) is 0 Å². The third kappa shape index (κ3) is 10.0. The number of benzene rings is 1. The van der Waals surface area contributed by atoms with Crippen LogP contribution in [0.3, 0.4) is 0 Å². The summed E-state index contributed by atoms with van der Waals surface area (Å²) in [7, 11) is 0. The lowest BCUT2D eigenvalue weighted by molar-refractivity contribution is -0.147. The summed E-state index contributed by atoms with van der Waals surface area (Å²) < 4.78 is 12.8. The highest BCUT2D eigenvalue weighted by Gasteiger charge is 2.12. The quantitative estimate of drug-likeness (QED) is 0.109. The molecule has 17 nitrogen and oxygen atoms in total. The van der Waals surface area contributed by atoms with Crippen LogP contribution in [0.4, 0.5) is 21.4 Å². The number of carbonyl (C=O) groups is 3. The van der Waals surface area contributed by atoms with E-state index in [4.69, 9.17) is 32.7 Å². The van der Waals surface area contributed by atoms with Gasteiger partial charge in [0.2, 0.25) is 0 Å². The molecule has 0 aliphatic rings. The fourth-order valence-electron chi connectivity index (χ4n) is 4.21. The second kappa shape index (κ2) is 17.3. The average Bonchev–Trinajstić information content (AvgIpc) is 3.83. The Balaban J connectivity index is 0.000000253. The van der Waals surface area contributed by atoms with Crippen LogP contribution >= 0.6 is 34.5 Å². The summed E-state index contributed by atoms with van der Waals surface area (Å²) in [6.07, 6.45) is 8.79. The number of rotatable bonds is 12. The van der Waals surface area contributed by atoms with Crippen molar-refractivity contribution in [1.29, 1.82) is 0 Å². The van der Waals surface area contributed by atoms with Crippen LogP contribution < -0.4 is 16.0 Å². The molecule has 0 bridgehead atoms. The fourth-order valence-corrected chi connectivity index (χ4v) is 5.38. The van der Waals surface area contributed by atoms with E-state index in [1.807, 2.05) is 0 Å². The number of urea groups is 1. The minimum Gasteiger partial charge on any atom is -0.465 e. The van der Waals surface area contributed by atoms with E-state index < -0.39 is 6.03 Å². The molecule has 0 fully saturated rings. The lowest BCUT2D eigenvalue weighted by Gasteiger charge is -2.05. The van der Waals surface area contributed by atoms with E-state index in [0.717, 1.165) is 4.88 Å². The first kappa shape index (κ1) is 35.8. The molecule has 5 aromatic heterocycles. The summed E-state index contributed by atoms with van der Waals surface area (Å²) in [5.74, 6) is -0.0712. The Bertz CT molecular complexity index is 2100. The van der Waals surface area contributed by atoms with Gasteiger partial charge in [0, 0.05) is 41.2 Å². The normalized spacial score (nSPS) is 10.7. The van der Waals surface area contributed by atoms with Crippen molar-refractivity contribution in [3.63, 3.8) is 0 Å². The van der Waals surface area contributed by atoms with Gasteiger partial charge in [-0.05, 0) is 25.1 Å². The van der Waals surface area contributed by atoms with Crippen LogP contribution in [-0.2, 0) is 38.8 Å². The van der Waals surface area contributed by atoms with Crippen molar-refractivity contribution in [2.45, 2.75) is 40.0 Å². The van der Waals surface area contributed by atoms with E-state index in [-0.39, 0.29) is 30.4 Å². The number of nitrogens with one attached hydrogen (secondary N) is 3. The highest BCUT2D eigenvalue weighted by molar-refractivity contribution is 7.15. The molecule has 0 unspecified atom stereocenters. The molecule has 50 heavy (non-hydrogen) atoms. The first-order chi connectivity index (χ1) is 24.2. The molecule has 0 aliphatic carbocycles. The molecule has 6 rings (SSSR count). The number of esters is 2. The number of thiazole rings is 1. The SMILES string of the molecule is CCC(=O)OCn1cc2ncnc(NCCc3cnc(NC(=O)Nc4cccc(Cl)c4)s3)c2n1.CCOC(=O)Cn1cc2ncnc(Cl)c2n1. The standard InChI is InChI=1S/C21H21ClN8O3S.C9H9ClN4O2/c1-2-17(31)33-12-30-10-16-18(29-30)19(26-11-25-16)23-7-6-15-9-24-21(34-15)28-20(32)27-14-5-3-4-13(22)8-14;1-2-16-7(15)4-14-3-6-8(13-14)9(10)12-5-11-6/h3-5,8-11H,2,6-7,12H2,1H3,(H,23,25,26)(H2,24,27,28,32);3,5H,2,4H2,1H3. The number of fused-ring (bicyclic) bond motifs is 2. The highest BCUT2D eigenvalue weighted by atomic mass is 35.5. The summed E-state index contributed by atoms with van der Waals surface area (Å²) in [6.45, 7) is 4.46. The fraction of sp³-hybridized carbons (Fsp3) is 0.267. The molecule has 5 heterocycles. The summed E-state index contributed by atoms with van der Waals surface area (Å²) >= 11 is 13.1. The Morgan fingerprint density at radius 2 is 1.64 bits per heavy atom. The molecule has 1 aromatic carbocycles. The topological polar surface area (TPSA) is 206 Å². The number of hydrogen-bond donors (Lipinski definition) is 3. The number of hydrogen-bond acceptors (Lipinski definition) is 14. The first-order valence-corrected chi connectivity index (χ1v) is 16.6. The molecular weight excluding hydrogens is 711 g/mol. The van der Waals surface area contributed by atoms with Gasteiger partial charge in [0.05, 0.1) is 19.0 Å². The average molecular weight is 742 g/mol. The van der Waals surface area contributed by atoms with Gasteiger partial charge < -0.3 is 20.1 Å². The van der Waals surface area contributed by atoms with Gasteiger partial charge in [0.25, 0.3) is 0 Å². The largest absolute Gasteiger partial charge is 0.465 e. The van der Waals surface area contributed by atoms with E-state index in [1.165, 1.54) is 33.4 Å². The van der Waals surface area contributed by atoms with Gasteiger partial charge in [-0.15, -0.1) is 11.3 Å². The van der Waals surface area contributed by atoms with Gasteiger partial charge in [0.15, 0.2) is 28.4 Å². The maximum atomic E-state index is 12.2. The van der Waals surface area contributed by atoms with Crippen molar-refractivity contribution in [3.05, 3.63) is 70.6 Å². The second-order valence-corrected chi connectivity index (χ2v) is 12.0. The number of carbonyl (C=O) groups excluding carboxylic acids is 3. The maximum Gasteiger partial charge on any atom is 0.327 e. The maximum absolute atomic E-state index is 12.2. The molecule has 0 atom stereocenters. The number of ether oxygens (including phenoxy) is 2. The number of aromatic nitrogens is 9. The Labute approximate surface area is 298 Å². The Morgan fingerprint density at radius 3 is 2.40 bits per heavy atom. The zero-order chi connectivity index (χ0) is 35.5. The van der Waals surface area contributed by atoms with E-state index in [1.54, 1.807) is 56.7 Å². The Kier molecular flexibility index (Phi) is 12.4. The van der Waals surface area contributed by atoms with Gasteiger partial charge >= 0.3 is 18.0 Å². The van der Waals surface area contributed by atoms with Crippen molar-refractivity contribution >= 4 is 91.2 Å². The minimum absolute atomic E-state index is 0.0179. The van der Waals surface area contributed by atoms with Gasteiger partial charge in [-0.1, -0.05) is 36.2 Å². The summed E-state index contributed by atoms with van der Waals surface area (Å²) in [4.78, 5) is 56.2. The Morgan fingerprint density at radius 1 is 0.880 bits per heavy atom. The molecule has 20 heteroatoms. The zero-order valence-corrected chi connectivity index (χ0v) is 29.0. The van der Waals surface area contributed by atoms with Crippen LogP contribution in [0, 0.1) is 0 Å². The lowest BCUT2D eigenvalue weighted by atomic mass is 10.3. The molecule has 0 saturated carbocycles. The second-order valence-electron chi connectivity index (χ2n) is 10.1. The number of anilines is 3. The minimum atomic E-state index is -0.398. The number of amides is 2.